The van der Waals surface area contributed by atoms with Crippen molar-refractivity contribution in [3.05, 3.63) is 27.0 Å². The van der Waals surface area contributed by atoms with Crippen molar-refractivity contribution in [3.63, 3.8) is 0 Å². The number of methoxy groups -OCH3 is 1. The number of aryl methyl sites for hydroxylation is 1. The van der Waals surface area contributed by atoms with Gasteiger partial charge in [0.2, 0.25) is 10.0 Å². The molecule has 1 aromatic rings. The van der Waals surface area contributed by atoms with E-state index in [0.717, 1.165) is 15.3 Å². The van der Waals surface area contributed by atoms with Crippen molar-refractivity contribution in [2.24, 2.45) is 14.1 Å². The van der Waals surface area contributed by atoms with Gasteiger partial charge in [0, 0.05) is 40.5 Å². The van der Waals surface area contributed by atoms with Crippen molar-refractivity contribution < 1.29 is 13.2 Å². The molecule has 0 amide bonds. The Balaban J connectivity index is 2.41. The van der Waals surface area contributed by atoms with Crippen molar-refractivity contribution in [3.8, 4) is 0 Å². The first kappa shape index (κ1) is 15.9. The maximum atomic E-state index is 12.4. The summed E-state index contributed by atoms with van der Waals surface area (Å²) < 4.78 is 34.2. The first-order valence-electron chi connectivity index (χ1n) is 6.30. The summed E-state index contributed by atoms with van der Waals surface area (Å²) in [5, 5.41) is 3.00. The van der Waals surface area contributed by atoms with Gasteiger partial charge < -0.3 is 14.6 Å². The Kier molecular flexibility index (Phi) is 4.33. The van der Waals surface area contributed by atoms with E-state index in [-0.39, 0.29) is 6.10 Å². The van der Waals surface area contributed by atoms with Gasteiger partial charge in [0.15, 0.2) is 4.90 Å². The maximum Gasteiger partial charge on any atom is 0.330 e. The Hall–Kier alpha value is -1.49. The number of nitrogens with one attached hydrogen (secondary N) is 2. The van der Waals surface area contributed by atoms with E-state index in [0.29, 0.717) is 13.1 Å². The zero-order chi connectivity index (χ0) is 15.8. The van der Waals surface area contributed by atoms with E-state index in [4.69, 9.17) is 4.74 Å². The molecule has 0 aliphatic carbocycles. The number of aromatic nitrogens is 2. The van der Waals surface area contributed by atoms with Gasteiger partial charge >= 0.3 is 5.69 Å². The maximum absolute atomic E-state index is 12.4. The van der Waals surface area contributed by atoms with E-state index in [1.807, 2.05) is 0 Å². The monoisotopic (exact) mass is 318 g/mol. The fourth-order valence-corrected chi connectivity index (χ4v) is 3.67. The molecule has 2 heterocycles. The lowest BCUT2D eigenvalue weighted by atomic mass is 10.2. The van der Waals surface area contributed by atoms with Crippen LogP contribution in [0.1, 0.15) is 0 Å². The van der Waals surface area contributed by atoms with Crippen molar-refractivity contribution in [1.82, 2.24) is 19.2 Å². The fourth-order valence-electron chi connectivity index (χ4n) is 2.24. The number of hydrogen-bond acceptors (Lipinski definition) is 6. The van der Waals surface area contributed by atoms with Gasteiger partial charge in [-0.05, 0) is 0 Å². The van der Waals surface area contributed by atoms with Gasteiger partial charge in [-0.3, -0.25) is 9.36 Å². The number of sulfonamides is 1. The van der Waals surface area contributed by atoms with E-state index in [1.165, 1.54) is 21.2 Å². The van der Waals surface area contributed by atoms with Crippen LogP contribution in [0, 0.1) is 0 Å². The van der Waals surface area contributed by atoms with Gasteiger partial charge in [0.25, 0.3) is 5.56 Å². The molecule has 2 rings (SSSR count). The molecule has 1 saturated heterocycles. The van der Waals surface area contributed by atoms with Crippen LogP contribution in [0.15, 0.2) is 20.7 Å². The first-order chi connectivity index (χ1) is 9.77. The molecule has 0 aromatic carbocycles. The molecule has 1 fully saturated rings. The Bertz CT molecular complexity index is 751. The standard InChI is InChI=1S/C11H18N4O5S/c1-14-6-9(10(16)15(2)11(14)17)21(18,19)13-7-4-12-5-8(7)20-3/h6-8,12-13H,4-5H2,1-3H3/t7?,8-/m0/s1. The quantitative estimate of drug-likeness (QED) is 0.627. The highest BCUT2D eigenvalue weighted by Gasteiger charge is 2.32. The Morgan fingerprint density at radius 1 is 1.33 bits per heavy atom. The second-order valence-electron chi connectivity index (χ2n) is 4.91. The van der Waals surface area contributed by atoms with Crippen LogP contribution in [0.25, 0.3) is 0 Å². The summed E-state index contributed by atoms with van der Waals surface area (Å²) in [5.74, 6) is 0. The van der Waals surface area contributed by atoms with Crippen molar-refractivity contribution >= 4 is 10.0 Å². The van der Waals surface area contributed by atoms with Crippen molar-refractivity contribution in [2.45, 2.75) is 17.0 Å². The molecule has 118 valence electrons. The summed E-state index contributed by atoms with van der Waals surface area (Å²) in [6.45, 7) is 0.929. The lowest BCUT2D eigenvalue weighted by Crippen LogP contribution is -2.47. The molecular formula is C11H18N4O5S. The fraction of sp³-hybridized carbons (Fsp3) is 0.636. The third kappa shape index (κ3) is 2.93. The number of nitrogens with zero attached hydrogens (tertiary/aromatic N) is 2. The van der Waals surface area contributed by atoms with E-state index in [1.54, 1.807) is 0 Å². The average Bonchev–Trinajstić information content (AvgIpc) is 2.86. The van der Waals surface area contributed by atoms with E-state index < -0.39 is 32.2 Å². The molecule has 0 radical (unpaired) electrons. The lowest BCUT2D eigenvalue weighted by molar-refractivity contribution is 0.103. The van der Waals surface area contributed by atoms with Crippen molar-refractivity contribution in [1.29, 1.82) is 0 Å². The van der Waals surface area contributed by atoms with Crippen LogP contribution in [-0.2, 0) is 28.9 Å². The highest BCUT2D eigenvalue weighted by atomic mass is 32.2. The third-order valence-electron chi connectivity index (χ3n) is 3.47. The summed E-state index contributed by atoms with van der Waals surface area (Å²) in [4.78, 5) is 23.1. The molecule has 0 saturated carbocycles. The van der Waals surface area contributed by atoms with E-state index >= 15 is 0 Å². The van der Waals surface area contributed by atoms with E-state index in [9.17, 15) is 18.0 Å². The summed E-state index contributed by atoms with van der Waals surface area (Å²) in [7, 11) is 0.0678. The minimum absolute atomic E-state index is 0.309. The van der Waals surface area contributed by atoms with Gasteiger partial charge in [0.05, 0.1) is 12.1 Å². The topological polar surface area (TPSA) is 111 Å². The third-order valence-corrected chi connectivity index (χ3v) is 4.94. The minimum Gasteiger partial charge on any atom is -0.378 e. The van der Waals surface area contributed by atoms with Gasteiger partial charge in [0.1, 0.15) is 0 Å². The second kappa shape index (κ2) is 5.72. The average molecular weight is 318 g/mol. The Labute approximate surface area is 121 Å². The highest BCUT2D eigenvalue weighted by molar-refractivity contribution is 7.89. The van der Waals surface area contributed by atoms with Crippen LogP contribution in [-0.4, -0.2) is 49.9 Å². The molecule has 2 N–H and O–H groups in total. The van der Waals surface area contributed by atoms with Gasteiger partial charge in [-0.25, -0.2) is 17.9 Å². The van der Waals surface area contributed by atoms with Crippen LogP contribution in [0.4, 0.5) is 0 Å². The van der Waals surface area contributed by atoms with E-state index in [2.05, 4.69) is 10.0 Å². The molecule has 0 bridgehead atoms. The molecule has 1 unspecified atom stereocenters. The molecule has 10 heteroatoms. The number of hydrogen-bond donors (Lipinski definition) is 2. The van der Waals surface area contributed by atoms with Crippen LogP contribution < -0.4 is 21.3 Å². The highest BCUT2D eigenvalue weighted by Crippen LogP contribution is 2.08. The summed E-state index contributed by atoms with van der Waals surface area (Å²) in [5.41, 5.74) is -1.44. The Morgan fingerprint density at radius 2 is 2.00 bits per heavy atom. The summed E-state index contributed by atoms with van der Waals surface area (Å²) in [6, 6.07) is -0.470. The number of ether oxygens (including phenoxy) is 1. The zero-order valence-electron chi connectivity index (χ0n) is 12.0. The zero-order valence-corrected chi connectivity index (χ0v) is 12.8. The largest absolute Gasteiger partial charge is 0.378 e. The molecule has 1 aliphatic heterocycles. The molecule has 21 heavy (non-hydrogen) atoms. The van der Waals surface area contributed by atoms with Crippen LogP contribution in [0.5, 0.6) is 0 Å². The predicted octanol–water partition coefficient (Wildman–Crippen LogP) is -2.65. The molecule has 0 spiro atoms. The summed E-state index contributed by atoms with van der Waals surface area (Å²) in [6.07, 6.45) is 0.716. The van der Waals surface area contributed by atoms with Gasteiger partial charge in [-0.2, -0.15) is 0 Å². The predicted molar refractivity (Wildman–Crippen MR) is 74.7 cm³/mol. The van der Waals surface area contributed by atoms with Crippen molar-refractivity contribution in [2.75, 3.05) is 20.2 Å². The normalized spacial score (nSPS) is 22.6. The minimum atomic E-state index is -4.04. The molecule has 1 aromatic heterocycles. The van der Waals surface area contributed by atoms with Crippen LogP contribution in [0.2, 0.25) is 0 Å². The van der Waals surface area contributed by atoms with Gasteiger partial charge in [-0.1, -0.05) is 0 Å². The molecule has 2 atom stereocenters. The molecule has 9 nitrogen and oxygen atoms in total. The molecular weight excluding hydrogens is 300 g/mol. The van der Waals surface area contributed by atoms with Gasteiger partial charge in [-0.15, -0.1) is 0 Å². The molecule has 1 aliphatic rings. The number of rotatable bonds is 4. The van der Waals surface area contributed by atoms with Crippen LogP contribution in [0.3, 0.4) is 0 Å². The summed E-state index contributed by atoms with van der Waals surface area (Å²) >= 11 is 0. The van der Waals surface area contributed by atoms with Crippen LogP contribution >= 0.6 is 0 Å². The SMILES string of the molecule is CO[C@H]1CNCC1NS(=O)(=O)c1cn(C)c(=O)n(C)c1=O. The second-order valence-corrected chi connectivity index (χ2v) is 6.59. The lowest BCUT2D eigenvalue weighted by Gasteiger charge is -2.18. The smallest absolute Gasteiger partial charge is 0.330 e. The first-order valence-corrected chi connectivity index (χ1v) is 7.78. The Morgan fingerprint density at radius 3 is 2.62 bits per heavy atom.